The molecular weight excluding hydrogens is 357 g/mol. The molecular formula is C20H16FN7. The van der Waals surface area contributed by atoms with Crippen molar-refractivity contribution in [2.24, 2.45) is 0 Å². The van der Waals surface area contributed by atoms with Crippen LogP contribution in [0.15, 0.2) is 55.0 Å². The first-order valence-electron chi connectivity index (χ1n) is 8.55. The second kappa shape index (κ2) is 6.96. The fourth-order valence-corrected chi connectivity index (χ4v) is 2.88. The summed E-state index contributed by atoms with van der Waals surface area (Å²) in [6.07, 6.45) is 3.53. The lowest BCUT2D eigenvalue weighted by Gasteiger charge is -2.08. The molecule has 28 heavy (non-hydrogen) atoms. The number of imidazole rings is 1. The number of hydrogen-bond donors (Lipinski definition) is 1. The van der Waals surface area contributed by atoms with E-state index in [-0.39, 0.29) is 5.82 Å². The van der Waals surface area contributed by atoms with Gasteiger partial charge in [-0.15, -0.1) is 5.10 Å². The standard InChI is InChI=1S/C20H16FN7/c1-13-11-27(12-23-13)19-8-5-17(9-15(19)10-22)25-20-24-14(2)28(26-20)18-6-3-16(21)4-7-18/h3-9,11-12H,1-2H3,(H,25,26). The summed E-state index contributed by atoms with van der Waals surface area (Å²) < 4.78 is 16.6. The lowest BCUT2D eigenvalue weighted by molar-refractivity contribution is 0.627. The normalized spacial score (nSPS) is 10.6. The molecule has 0 saturated carbocycles. The zero-order valence-electron chi connectivity index (χ0n) is 15.3. The van der Waals surface area contributed by atoms with Crippen molar-refractivity contribution in [1.29, 1.82) is 5.26 Å². The van der Waals surface area contributed by atoms with Gasteiger partial charge in [-0.2, -0.15) is 10.2 Å². The molecule has 0 spiro atoms. The van der Waals surface area contributed by atoms with E-state index in [9.17, 15) is 9.65 Å². The Morgan fingerprint density at radius 2 is 1.89 bits per heavy atom. The highest BCUT2D eigenvalue weighted by Gasteiger charge is 2.11. The van der Waals surface area contributed by atoms with Crippen molar-refractivity contribution in [1.82, 2.24) is 24.3 Å². The quantitative estimate of drug-likeness (QED) is 0.588. The van der Waals surface area contributed by atoms with Crippen LogP contribution in [0.25, 0.3) is 11.4 Å². The van der Waals surface area contributed by atoms with Gasteiger partial charge >= 0.3 is 0 Å². The fourth-order valence-electron chi connectivity index (χ4n) is 2.88. The molecule has 4 rings (SSSR count). The maximum Gasteiger partial charge on any atom is 0.247 e. The highest BCUT2D eigenvalue weighted by atomic mass is 19.1. The molecule has 0 aliphatic carbocycles. The number of anilines is 2. The summed E-state index contributed by atoms with van der Waals surface area (Å²) in [4.78, 5) is 8.59. The predicted octanol–water partition coefficient (Wildman–Crippen LogP) is 3.82. The lowest BCUT2D eigenvalue weighted by Crippen LogP contribution is -2.00. The van der Waals surface area contributed by atoms with Gasteiger partial charge in [0.25, 0.3) is 0 Å². The minimum Gasteiger partial charge on any atom is -0.323 e. The third-order valence-corrected chi connectivity index (χ3v) is 4.20. The topological polar surface area (TPSA) is 84.4 Å². The number of nitriles is 1. The Balaban J connectivity index is 1.62. The van der Waals surface area contributed by atoms with E-state index in [4.69, 9.17) is 0 Å². The van der Waals surface area contributed by atoms with Gasteiger partial charge in [0.2, 0.25) is 5.95 Å². The van der Waals surface area contributed by atoms with Crippen LogP contribution in [0.4, 0.5) is 16.0 Å². The van der Waals surface area contributed by atoms with Crippen LogP contribution in [0.5, 0.6) is 0 Å². The summed E-state index contributed by atoms with van der Waals surface area (Å²) in [5.41, 5.74) is 3.51. The third kappa shape index (κ3) is 3.33. The van der Waals surface area contributed by atoms with Crippen molar-refractivity contribution in [3.8, 4) is 17.4 Å². The number of nitrogens with one attached hydrogen (secondary N) is 1. The molecule has 2 aromatic carbocycles. The van der Waals surface area contributed by atoms with Gasteiger partial charge in [0, 0.05) is 11.9 Å². The Morgan fingerprint density at radius 3 is 2.57 bits per heavy atom. The van der Waals surface area contributed by atoms with E-state index in [1.165, 1.54) is 12.1 Å². The van der Waals surface area contributed by atoms with E-state index in [2.05, 4.69) is 26.5 Å². The summed E-state index contributed by atoms with van der Waals surface area (Å²) in [6.45, 7) is 3.71. The molecule has 0 saturated heterocycles. The van der Waals surface area contributed by atoms with Crippen molar-refractivity contribution in [3.63, 3.8) is 0 Å². The van der Waals surface area contributed by atoms with Crippen LogP contribution in [-0.4, -0.2) is 24.3 Å². The predicted molar refractivity (Wildman–Crippen MR) is 102 cm³/mol. The van der Waals surface area contributed by atoms with Crippen molar-refractivity contribution in [2.75, 3.05) is 5.32 Å². The zero-order chi connectivity index (χ0) is 19.7. The maximum atomic E-state index is 13.1. The molecule has 2 aromatic heterocycles. The molecule has 0 radical (unpaired) electrons. The van der Waals surface area contributed by atoms with Crippen LogP contribution >= 0.6 is 0 Å². The molecule has 1 N–H and O–H groups in total. The minimum absolute atomic E-state index is 0.308. The van der Waals surface area contributed by atoms with E-state index >= 15 is 0 Å². The van der Waals surface area contributed by atoms with E-state index in [1.54, 1.807) is 29.2 Å². The van der Waals surface area contributed by atoms with E-state index < -0.39 is 0 Å². The van der Waals surface area contributed by atoms with Crippen LogP contribution in [0.3, 0.4) is 0 Å². The van der Waals surface area contributed by atoms with Gasteiger partial charge in [0.05, 0.1) is 29.0 Å². The van der Waals surface area contributed by atoms with Crippen LogP contribution in [0, 0.1) is 31.0 Å². The van der Waals surface area contributed by atoms with E-state index in [0.29, 0.717) is 28.7 Å². The summed E-state index contributed by atoms with van der Waals surface area (Å²) >= 11 is 0. The summed E-state index contributed by atoms with van der Waals surface area (Å²) in [7, 11) is 0. The largest absolute Gasteiger partial charge is 0.323 e. The fraction of sp³-hybridized carbons (Fsp3) is 0.100. The average molecular weight is 373 g/mol. The minimum atomic E-state index is -0.308. The molecule has 138 valence electrons. The van der Waals surface area contributed by atoms with Crippen molar-refractivity contribution in [3.05, 3.63) is 77.9 Å². The number of aryl methyl sites for hydroxylation is 2. The van der Waals surface area contributed by atoms with Gasteiger partial charge in [0.1, 0.15) is 17.7 Å². The number of nitrogens with zero attached hydrogens (tertiary/aromatic N) is 6. The molecule has 0 unspecified atom stereocenters. The molecule has 7 nitrogen and oxygen atoms in total. The molecule has 0 fully saturated rings. The zero-order valence-corrected chi connectivity index (χ0v) is 15.3. The van der Waals surface area contributed by atoms with Crippen molar-refractivity contribution in [2.45, 2.75) is 13.8 Å². The monoisotopic (exact) mass is 373 g/mol. The van der Waals surface area contributed by atoms with Gasteiger partial charge in [-0.05, 0) is 56.3 Å². The number of aromatic nitrogens is 5. The van der Waals surface area contributed by atoms with Gasteiger partial charge in [-0.1, -0.05) is 0 Å². The first kappa shape index (κ1) is 17.4. The summed E-state index contributed by atoms with van der Waals surface area (Å²) in [5.74, 6) is 0.731. The van der Waals surface area contributed by atoms with Crippen molar-refractivity contribution >= 4 is 11.6 Å². The maximum absolute atomic E-state index is 13.1. The second-order valence-corrected chi connectivity index (χ2v) is 6.26. The highest BCUT2D eigenvalue weighted by Crippen LogP contribution is 2.22. The second-order valence-electron chi connectivity index (χ2n) is 6.26. The van der Waals surface area contributed by atoms with Gasteiger partial charge in [-0.25, -0.2) is 14.1 Å². The van der Waals surface area contributed by atoms with Crippen LogP contribution < -0.4 is 5.32 Å². The smallest absolute Gasteiger partial charge is 0.247 e. The van der Waals surface area contributed by atoms with Gasteiger partial charge in [-0.3, -0.25) is 0 Å². The molecule has 0 bridgehead atoms. The lowest BCUT2D eigenvalue weighted by atomic mass is 10.1. The highest BCUT2D eigenvalue weighted by molar-refractivity contribution is 5.62. The Bertz CT molecular complexity index is 1180. The Kier molecular flexibility index (Phi) is 4.33. The van der Waals surface area contributed by atoms with Gasteiger partial charge < -0.3 is 9.88 Å². The van der Waals surface area contributed by atoms with Crippen LogP contribution in [-0.2, 0) is 0 Å². The molecule has 2 heterocycles. The van der Waals surface area contributed by atoms with Crippen LogP contribution in [0.1, 0.15) is 17.1 Å². The summed E-state index contributed by atoms with van der Waals surface area (Å²) in [6, 6.07) is 13.6. The Labute approximate surface area is 160 Å². The molecule has 0 amide bonds. The molecule has 0 aliphatic heterocycles. The SMILES string of the molecule is Cc1cn(-c2ccc(Nc3nc(C)n(-c4ccc(F)cc4)n3)cc2C#N)cn1. The first-order valence-corrected chi connectivity index (χ1v) is 8.55. The Hall–Kier alpha value is -3.99. The van der Waals surface area contributed by atoms with Crippen LogP contribution in [0.2, 0.25) is 0 Å². The number of halogens is 1. The summed E-state index contributed by atoms with van der Waals surface area (Å²) in [5, 5.41) is 17.0. The number of hydrogen-bond acceptors (Lipinski definition) is 5. The molecule has 4 aromatic rings. The average Bonchev–Trinajstić information content (AvgIpc) is 3.28. The Morgan fingerprint density at radius 1 is 1.11 bits per heavy atom. The van der Waals surface area contributed by atoms with E-state index in [1.807, 2.05) is 36.7 Å². The number of rotatable bonds is 4. The third-order valence-electron chi connectivity index (χ3n) is 4.20. The molecule has 0 aliphatic rings. The van der Waals surface area contributed by atoms with Crippen molar-refractivity contribution < 1.29 is 4.39 Å². The molecule has 8 heteroatoms. The number of benzene rings is 2. The van der Waals surface area contributed by atoms with E-state index in [0.717, 1.165) is 11.4 Å². The first-order chi connectivity index (χ1) is 13.5. The molecule has 0 atom stereocenters. The van der Waals surface area contributed by atoms with Gasteiger partial charge in [0.15, 0.2) is 0 Å².